The minimum Gasteiger partial charge on any atom is -0.481 e. The molecule has 7 heteroatoms. The van der Waals surface area contributed by atoms with Gasteiger partial charge < -0.3 is 10.0 Å². The molecule has 3 rings (SSSR count). The van der Waals surface area contributed by atoms with Gasteiger partial charge in [0.2, 0.25) is 0 Å². The number of hydrogen-bond donors (Lipinski definition) is 1. The van der Waals surface area contributed by atoms with Gasteiger partial charge in [0, 0.05) is 18.8 Å². The van der Waals surface area contributed by atoms with E-state index in [4.69, 9.17) is 5.11 Å². The first-order valence-electron chi connectivity index (χ1n) is 7.40. The summed E-state index contributed by atoms with van der Waals surface area (Å²) >= 11 is 0. The second-order valence-electron chi connectivity index (χ2n) is 5.71. The average Bonchev–Trinajstić information content (AvgIpc) is 2.86. The number of anilines is 1. The fraction of sp³-hybridized carbons (Fsp3) is 0.467. The van der Waals surface area contributed by atoms with Crippen molar-refractivity contribution in [3.05, 3.63) is 29.6 Å². The van der Waals surface area contributed by atoms with E-state index in [0.29, 0.717) is 12.4 Å². The van der Waals surface area contributed by atoms with Gasteiger partial charge in [0.05, 0.1) is 11.6 Å². The third-order valence-electron chi connectivity index (χ3n) is 3.96. The molecule has 0 unspecified atom stereocenters. The average molecular weight is 301 g/mol. The normalized spacial score (nSPS) is 18.5. The Morgan fingerprint density at radius 1 is 1.27 bits per heavy atom. The van der Waals surface area contributed by atoms with E-state index in [2.05, 4.69) is 15.3 Å². The fourth-order valence-electron chi connectivity index (χ4n) is 2.85. The van der Waals surface area contributed by atoms with Crippen LogP contribution in [0.15, 0.2) is 18.2 Å². The van der Waals surface area contributed by atoms with Gasteiger partial charge in [0.1, 0.15) is 0 Å². The molecule has 116 valence electrons. The summed E-state index contributed by atoms with van der Waals surface area (Å²) in [5.41, 5.74) is 1.94. The molecule has 2 aromatic rings. The van der Waals surface area contributed by atoms with Crippen molar-refractivity contribution in [3.63, 3.8) is 0 Å². The number of aliphatic carboxylic acids is 1. The van der Waals surface area contributed by atoms with Gasteiger partial charge in [-0.25, -0.2) is 4.68 Å². The summed E-state index contributed by atoms with van der Waals surface area (Å²) in [6.45, 7) is 5.21. The molecule has 2 aromatic heterocycles. The van der Waals surface area contributed by atoms with Crippen molar-refractivity contribution < 1.29 is 9.90 Å². The first-order valence-corrected chi connectivity index (χ1v) is 7.40. The fourth-order valence-corrected chi connectivity index (χ4v) is 2.85. The Morgan fingerprint density at radius 3 is 2.59 bits per heavy atom. The predicted octanol–water partition coefficient (Wildman–Crippen LogP) is 1.58. The second kappa shape index (κ2) is 5.75. The van der Waals surface area contributed by atoms with E-state index in [1.54, 1.807) is 4.68 Å². The molecule has 1 fully saturated rings. The molecule has 1 aliphatic rings. The maximum absolute atomic E-state index is 11.1. The summed E-state index contributed by atoms with van der Waals surface area (Å²) < 4.78 is 1.75. The molecule has 3 heterocycles. The zero-order chi connectivity index (χ0) is 15.7. The summed E-state index contributed by atoms with van der Waals surface area (Å²) in [5.74, 6) is 0.320. The summed E-state index contributed by atoms with van der Waals surface area (Å²) in [6, 6.07) is 5.73. The zero-order valence-electron chi connectivity index (χ0n) is 12.7. The SMILES string of the molecule is Cc1cc(C)n(-c2ccc(N3CCC[C@H](C(=O)O)C3)nn2)n1. The molecule has 1 saturated heterocycles. The third kappa shape index (κ3) is 2.79. The molecule has 0 bridgehead atoms. The summed E-state index contributed by atoms with van der Waals surface area (Å²) in [5, 5.41) is 22.0. The van der Waals surface area contributed by atoms with Crippen molar-refractivity contribution in [1.82, 2.24) is 20.0 Å². The molecule has 0 radical (unpaired) electrons. The first kappa shape index (κ1) is 14.5. The van der Waals surface area contributed by atoms with Crippen LogP contribution in [-0.2, 0) is 4.79 Å². The number of carboxylic acid groups (broad SMARTS) is 1. The Labute approximate surface area is 128 Å². The lowest BCUT2D eigenvalue weighted by atomic mass is 9.98. The number of aryl methyl sites for hydroxylation is 2. The van der Waals surface area contributed by atoms with Crippen molar-refractivity contribution in [3.8, 4) is 5.82 Å². The van der Waals surface area contributed by atoms with E-state index < -0.39 is 5.97 Å². The smallest absolute Gasteiger partial charge is 0.308 e. The lowest BCUT2D eigenvalue weighted by molar-refractivity contribution is -0.141. The largest absolute Gasteiger partial charge is 0.481 e. The van der Waals surface area contributed by atoms with E-state index in [1.807, 2.05) is 36.9 Å². The van der Waals surface area contributed by atoms with Crippen molar-refractivity contribution in [1.29, 1.82) is 0 Å². The number of piperidine rings is 1. The van der Waals surface area contributed by atoms with E-state index in [9.17, 15) is 4.79 Å². The van der Waals surface area contributed by atoms with Crippen LogP contribution < -0.4 is 4.90 Å². The van der Waals surface area contributed by atoms with Gasteiger partial charge in [0.25, 0.3) is 0 Å². The van der Waals surface area contributed by atoms with Gasteiger partial charge in [-0.2, -0.15) is 5.10 Å². The minimum atomic E-state index is -0.739. The van der Waals surface area contributed by atoms with Crippen molar-refractivity contribution in [2.75, 3.05) is 18.0 Å². The van der Waals surface area contributed by atoms with Crippen LogP contribution in [0.4, 0.5) is 5.82 Å². The quantitative estimate of drug-likeness (QED) is 0.926. The Bertz CT molecular complexity index is 680. The molecule has 0 amide bonds. The van der Waals surface area contributed by atoms with Gasteiger partial charge in [-0.05, 0) is 44.9 Å². The Morgan fingerprint density at radius 2 is 2.00 bits per heavy atom. The number of carboxylic acids is 1. The Balaban J connectivity index is 1.79. The number of hydrogen-bond acceptors (Lipinski definition) is 5. The van der Waals surface area contributed by atoms with Crippen LogP contribution >= 0.6 is 0 Å². The summed E-state index contributed by atoms with van der Waals surface area (Å²) in [4.78, 5) is 13.1. The van der Waals surface area contributed by atoms with Crippen molar-refractivity contribution in [2.45, 2.75) is 26.7 Å². The number of rotatable bonds is 3. The molecule has 0 saturated carbocycles. The maximum atomic E-state index is 11.1. The highest BCUT2D eigenvalue weighted by Gasteiger charge is 2.26. The number of aromatic nitrogens is 4. The highest BCUT2D eigenvalue weighted by Crippen LogP contribution is 2.22. The molecule has 0 aromatic carbocycles. The Kier molecular flexibility index (Phi) is 3.79. The first-order chi connectivity index (χ1) is 10.5. The van der Waals surface area contributed by atoms with Gasteiger partial charge in [-0.15, -0.1) is 10.2 Å². The van der Waals surface area contributed by atoms with Gasteiger partial charge >= 0.3 is 5.97 Å². The van der Waals surface area contributed by atoms with E-state index in [1.165, 1.54) is 0 Å². The predicted molar refractivity (Wildman–Crippen MR) is 81.2 cm³/mol. The van der Waals surface area contributed by atoms with Gasteiger partial charge in [0.15, 0.2) is 11.6 Å². The molecule has 22 heavy (non-hydrogen) atoms. The van der Waals surface area contributed by atoms with Crippen LogP contribution in [0.5, 0.6) is 0 Å². The second-order valence-corrected chi connectivity index (χ2v) is 5.71. The zero-order valence-corrected chi connectivity index (χ0v) is 12.7. The molecular weight excluding hydrogens is 282 g/mol. The monoisotopic (exact) mass is 301 g/mol. The highest BCUT2D eigenvalue weighted by atomic mass is 16.4. The molecule has 1 atom stereocenters. The molecule has 1 N–H and O–H groups in total. The molecular formula is C15H19N5O2. The lowest BCUT2D eigenvalue weighted by Gasteiger charge is -2.31. The summed E-state index contributed by atoms with van der Waals surface area (Å²) in [7, 11) is 0. The van der Waals surface area contributed by atoms with E-state index in [-0.39, 0.29) is 5.92 Å². The van der Waals surface area contributed by atoms with E-state index >= 15 is 0 Å². The number of nitrogens with zero attached hydrogens (tertiary/aromatic N) is 5. The van der Waals surface area contributed by atoms with Crippen LogP contribution in [0, 0.1) is 19.8 Å². The van der Waals surface area contributed by atoms with E-state index in [0.717, 1.165) is 36.6 Å². The summed E-state index contributed by atoms with van der Waals surface area (Å²) in [6.07, 6.45) is 1.58. The van der Waals surface area contributed by atoms with Crippen LogP contribution in [0.1, 0.15) is 24.2 Å². The lowest BCUT2D eigenvalue weighted by Crippen LogP contribution is -2.39. The van der Waals surface area contributed by atoms with Gasteiger partial charge in [-0.1, -0.05) is 0 Å². The van der Waals surface area contributed by atoms with Crippen LogP contribution in [-0.4, -0.2) is 44.1 Å². The Hall–Kier alpha value is -2.44. The van der Waals surface area contributed by atoms with Crippen LogP contribution in [0.25, 0.3) is 5.82 Å². The standard InChI is InChI=1S/C15H19N5O2/c1-10-8-11(2)20(18-10)14-6-5-13(16-17-14)19-7-3-4-12(9-19)15(21)22/h5-6,8,12H,3-4,7,9H2,1-2H3,(H,21,22)/t12-/m0/s1. The molecule has 0 aliphatic carbocycles. The van der Waals surface area contributed by atoms with Crippen molar-refractivity contribution >= 4 is 11.8 Å². The van der Waals surface area contributed by atoms with Gasteiger partial charge in [-0.3, -0.25) is 4.79 Å². The molecule has 1 aliphatic heterocycles. The van der Waals surface area contributed by atoms with Crippen LogP contribution in [0.3, 0.4) is 0 Å². The number of carbonyl (C=O) groups is 1. The highest BCUT2D eigenvalue weighted by molar-refractivity contribution is 5.71. The third-order valence-corrected chi connectivity index (χ3v) is 3.96. The topological polar surface area (TPSA) is 84.1 Å². The minimum absolute atomic E-state index is 0.328. The maximum Gasteiger partial charge on any atom is 0.308 e. The van der Waals surface area contributed by atoms with Crippen molar-refractivity contribution in [2.24, 2.45) is 5.92 Å². The van der Waals surface area contributed by atoms with Crippen LogP contribution in [0.2, 0.25) is 0 Å². The molecule has 7 nitrogen and oxygen atoms in total. The molecule has 0 spiro atoms.